The Balaban J connectivity index is 2.40. The van der Waals surface area contributed by atoms with E-state index in [9.17, 15) is 4.79 Å². The molecule has 0 aromatic heterocycles. The highest BCUT2D eigenvalue weighted by Gasteiger charge is 2.43. The van der Waals surface area contributed by atoms with Gasteiger partial charge >= 0.3 is 0 Å². The van der Waals surface area contributed by atoms with Crippen LogP contribution >= 0.6 is 0 Å². The van der Waals surface area contributed by atoms with E-state index in [0.29, 0.717) is 23.5 Å². The number of ketones is 1. The van der Waals surface area contributed by atoms with Crippen molar-refractivity contribution >= 4 is 14.1 Å². The van der Waals surface area contributed by atoms with Crippen LogP contribution in [0.25, 0.3) is 0 Å². The summed E-state index contributed by atoms with van der Waals surface area (Å²) in [5, 5.41) is 0.167. The van der Waals surface area contributed by atoms with Crippen LogP contribution in [-0.2, 0) is 9.22 Å². The summed E-state index contributed by atoms with van der Waals surface area (Å²) < 4.78 is 6.69. The summed E-state index contributed by atoms with van der Waals surface area (Å²) in [5.41, 5.74) is 0. The van der Waals surface area contributed by atoms with Gasteiger partial charge in [-0.15, -0.1) is 0 Å². The van der Waals surface area contributed by atoms with E-state index in [2.05, 4.69) is 53.8 Å². The Morgan fingerprint density at radius 1 is 1.17 bits per heavy atom. The normalized spacial score (nSPS) is 29.8. The molecule has 0 spiro atoms. The summed E-state index contributed by atoms with van der Waals surface area (Å²) in [6, 6.07) is 0. The van der Waals surface area contributed by atoms with Crippen molar-refractivity contribution in [3.05, 3.63) is 11.8 Å². The van der Waals surface area contributed by atoms with Crippen LogP contribution in [0.3, 0.4) is 0 Å². The monoisotopic (exact) mass is 336 g/mol. The molecule has 0 aromatic carbocycles. The van der Waals surface area contributed by atoms with Crippen LogP contribution in [0.4, 0.5) is 0 Å². The van der Waals surface area contributed by atoms with Gasteiger partial charge in [0.25, 0.3) is 0 Å². The van der Waals surface area contributed by atoms with Crippen molar-refractivity contribution in [2.75, 3.05) is 0 Å². The van der Waals surface area contributed by atoms with E-state index in [1.807, 2.05) is 0 Å². The molecule has 0 amide bonds. The van der Waals surface area contributed by atoms with Crippen molar-refractivity contribution in [1.29, 1.82) is 0 Å². The molecule has 0 heterocycles. The lowest BCUT2D eigenvalue weighted by molar-refractivity contribution is -0.124. The van der Waals surface area contributed by atoms with Crippen molar-refractivity contribution in [3.8, 4) is 0 Å². The number of hydrogen-bond acceptors (Lipinski definition) is 2. The van der Waals surface area contributed by atoms with E-state index in [-0.39, 0.29) is 11.0 Å². The van der Waals surface area contributed by atoms with Crippen LogP contribution in [0.15, 0.2) is 11.8 Å². The van der Waals surface area contributed by atoms with Gasteiger partial charge in [0.15, 0.2) is 0 Å². The summed E-state index contributed by atoms with van der Waals surface area (Å²) in [4.78, 5) is 12.9. The fourth-order valence-corrected chi connectivity index (χ4v) is 4.89. The number of allylic oxidation sites excluding steroid dienone is 2. The van der Waals surface area contributed by atoms with Crippen LogP contribution in [0.2, 0.25) is 18.1 Å². The number of fused-ring (bicyclic) bond motifs is 3. The van der Waals surface area contributed by atoms with Crippen LogP contribution in [0.5, 0.6) is 0 Å². The van der Waals surface area contributed by atoms with E-state index in [0.717, 1.165) is 25.0 Å². The molecule has 0 aliphatic heterocycles. The maximum atomic E-state index is 12.9. The van der Waals surface area contributed by atoms with Gasteiger partial charge in [0.2, 0.25) is 8.32 Å². The van der Waals surface area contributed by atoms with E-state index < -0.39 is 8.32 Å². The van der Waals surface area contributed by atoms with Crippen LogP contribution < -0.4 is 0 Å². The average Bonchev–Trinajstić information content (AvgIpc) is 2.44. The molecule has 0 radical (unpaired) electrons. The van der Waals surface area contributed by atoms with E-state index in [4.69, 9.17) is 4.43 Å². The maximum Gasteiger partial charge on any atom is 0.250 e. The number of Topliss-reactive ketones (excluding diaryl/α,β-unsaturated/α-hetero) is 1. The maximum absolute atomic E-state index is 12.9. The second-order valence-electron chi connectivity index (χ2n) is 9.52. The number of rotatable bonds is 3. The lowest BCUT2D eigenvalue weighted by Crippen LogP contribution is -2.41. The average molecular weight is 337 g/mol. The first-order valence-electron chi connectivity index (χ1n) is 9.46. The summed E-state index contributed by atoms with van der Waals surface area (Å²) >= 11 is 0. The van der Waals surface area contributed by atoms with Gasteiger partial charge in [-0.2, -0.15) is 0 Å². The molecule has 0 N–H and O–H groups in total. The van der Waals surface area contributed by atoms with Crippen LogP contribution in [-0.4, -0.2) is 14.1 Å². The smallest absolute Gasteiger partial charge is 0.250 e. The molecule has 2 aliphatic rings. The zero-order chi connectivity index (χ0) is 17.4. The molecule has 2 bridgehead atoms. The Bertz CT molecular complexity index is 471. The first-order valence-corrected chi connectivity index (χ1v) is 12.4. The molecule has 132 valence electrons. The zero-order valence-corrected chi connectivity index (χ0v) is 17.2. The largest absolute Gasteiger partial charge is 0.546 e. The summed E-state index contributed by atoms with van der Waals surface area (Å²) in [5.74, 6) is 3.07. The minimum atomic E-state index is -1.90. The first kappa shape index (κ1) is 18.8. The quantitative estimate of drug-likeness (QED) is 0.596. The van der Waals surface area contributed by atoms with Crippen LogP contribution in [0.1, 0.15) is 66.7 Å². The standard InChI is InChI=1S/C20H36O2Si/c1-14(2)17-13-19(22-23(6,7)20(3,4)5)16-11-9-8-10-15(17)12-18(16)21/h13-17H,8-12H2,1-7H3/t15-,16+,17+/m0/s1. The van der Waals surface area contributed by atoms with Crippen molar-refractivity contribution in [2.24, 2.45) is 23.7 Å². The van der Waals surface area contributed by atoms with Crippen molar-refractivity contribution < 1.29 is 9.22 Å². The highest BCUT2D eigenvalue weighted by molar-refractivity contribution is 6.74. The SMILES string of the molecule is CC(C)[C@H]1C=C(O[Si](C)(C)C(C)(C)C)[C@@H]2CCCC[C@H]1CC2=O. The third-order valence-electron chi connectivity index (χ3n) is 6.36. The van der Waals surface area contributed by atoms with Crippen LogP contribution in [0, 0.1) is 23.7 Å². The molecule has 1 fully saturated rings. The summed E-state index contributed by atoms with van der Waals surface area (Å²) in [6.45, 7) is 16.0. The molecule has 1 saturated carbocycles. The van der Waals surface area contributed by atoms with Gasteiger partial charge in [-0.1, -0.05) is 47.5 Å². The van der Waals surface area contributed by atoms with E-state index in [1.54, 1.807) is 0 Å². The first-order chi connectivity index (χ1) is 10.5. The Kier molecular flexibility index (Phi) is 5.50. The Hall–Kier alpha value is -0.573. The van der Waals surface area contributed by atoms with Gasteiger partial charge in [0.05, 0.1) is 11.7 Å². The molecule has 2 aliphatic carbocycles. The molecule has 2 nitrogen and oxygen atoms in total. The molecule has 0 saturated heterocycles. The topological polar surface area (TPSA) is 26.3 Å². The van der Waals surface area contributed by atoms with Gasteiger partial charge < -0.3 is 4.43 Å². The summed E-state index contributed by atoms with van der Waals surface area (Å²) in [7, 11) is -1.90. The Morgan fingerprint density at radius 3 is 2.35 bits per heavy atom. The molecule has 3 heteroatoms. The number of carbonyl (C=O) groups is 1. The van der Waals surface area contributed by atoms with Gasteiger partial charge in [-0.05, 0) is 54.8 Å². The third kappa shape index (κ3) is 4.10. The fourth-order valence-electron chi connectivity index (χ4n) is 3.78. The van der Waals surface area contributed by atoms with E-state index >= 15 is 0 Å². The summed E-state index contributed by atoms with van der Waals surface area (Å²) in [6.07, 6.45) is 7.74. The molecule has 3 atom stereocenters. The highest BCUT2D eigenvalue weighted by atomic mass is 28.4. The van der Waals surface area contributed by atoms with Gasteiger partial charge in [-0.25, -0.2) is 0 Å². The molecule has 23 heavy (non-hydrogen) atoms. The van der Waals surface area contributed by atoms with Gasteiger partial charge in [0, 0.05) is 6.42 Å². The van der Waals surface area contributed by atoms with Crippen molar-refractivity contribution in [2.45, 2.75) is 84.9 Å². The predicted molar refractivity (Wildman–Crippen MR) is 99.8 cm³/mol. The minimum absolute atomic E-state index is 0.0238. The zero-order valence-electron chi connectivity index (χ0n) is 16.2. The van der Waals surface area contributed by atoms with Crippen molar-refractivity contribution in [1.82, 2.24) is 0 Å². The third-order valence-corrected chi connectivity index (χ3v) is 10.7. The molecular formula is C20H36O2Si. The van der Waals surface area contributed by atoms with Gasteiger partial charge in [0.1, 0.15) is 5.78 Å². The van der Waals surface area contributed by atoms with Crippen molar-refractivity contribution in [3.63, 3.8) is 0 Å². The molecule has 0 aromatic rings. The highest BCUT2D eigenvalue weighted by Crippen LogP contribution is 2.44. The molecular weight excluding hydrogens is 300 g/mol. The molecule has 0 unspecified atom stereocenters. The Labute approximate surface area is 144 Å². The lowest BCUT2D eigenvalue weighted by atomic mass is 9.77. The number of carbonyl (C=O) groups excluding carboxylic acids is 1. The predicted octanol–water partition coefficient (Wildman–Crippen LogP) is 5.94. The fraction of sp³-hybridized carbons (Fsp3) is 0.850. The second-order valence-corrected chi connectivity index (χ2v) is 14.2. The number of hydrogen-bond donors (Lipinski definition) is 0. The lowest BCUT2D eigenvalue weighted by Gasteiger charge is -2.39. The van der Waals surface area contributed by atoms with Gasteiger partial charge in [-0.3, -0.25) is 4.79 Å². The van der Waals surface area contributed by atoms with E-state index in [1.165, 1.54) is 12.8 Å². The minimum Gasteiger partial charge on any atom is -0.546 e. The second kappa shape index (κ2) is 6.74. The Morgan fingerprint density at radius 2 is 1.78 bits per heavy atom. The molecule has 2 rings (SSSR count).